The summed E-state index contributed by atoms with van der Waals surface area (Å²) < 4.78 is 59.1. The SMILES string of the molecule is Nc1oc(-c2cc(Cl)cc3cccc(F)c23)c(O)c1-c1cccc(C(F)(F)F)c1. The number of furan rings is 1. The molecule has 0 aliphatic heterocycles. The van der Waals surface area contributed by atoms with Crippen LogP contribution in [0.15, 0.2) is 59.0 Å². The molecular weight excluding hydrogens is 410 g/mol. The zero-order chi connectivity index (χ0) is 20.9. The molecule has 0 bridgehead atoms. The van der Waals surface area contributed by atoms with Gasteiger partial charge in [0.1, 0.15) is 5.82 Å². The zero-order valence-electron chi connectivity index (χ0n) is 14.5. The lowest BCUT2D eigenvalue weighted by Crippen LogP contribution is -2.04. The number of aromatic hydroxyl groups is 1. The van der Waals surface area contributed by atoms with E-state index < -0.39 is 23.3 Å². The highest BCUT2D eigenvalue weighted by atomic mass is 35.5. The molecule has 0 spiro atoms. The van der Waals surface area contributed by atoms with Crippen LogP contribution in [0.3, 0.4) is 0 Å². The van der Waals surface area contributed by atoms with Gasteiger partial charge in [-0.25, -0.2) is 4.39 Å². The third-order valence-electron chi connectivity index (χ3n) is 4.52. The second-order valence-corrected chi connectivity index (χ2v) is 6.83. The fraction of sp³-hybridized carbons (Fsp3) is 0.0476. The van der Waals surface area contributed by atoms with Gasteiger partial charge in [-0.15, -0.1) is 0 Å². The maximum absolute atomic E-state index is 14.5. The average molecular weight is 422 g/mol. The normalized spacial score (nSPS) is 11.9. The summed E-state index contributed by atoms with van der Waals surface area (Å²) in [5, 5.41) is 11.6. The first-order valence-electron chi connectivity index (χ1n) is 8.34. The summed E-state index contributed by atoms with van der Waals surface area (Å²) in [7, 11) is 0. The number of hydrogen-bond acceptors (Lipinski definition) is 3. The van der Waals surface area contributed by atoms with Crippen LogP contribution in [0, 0.1) is 5.82 Å². The van der Waals surface area contributed by atoms with E-state index >= 15 is 0 Å². The first-order valence-corrected chi connectivity index (χ1v) is 8.71. The summed E-state index contributed by atoms with van der Waals surface area (Å²) in [5.41, 5.74) is 4.98. The minimum atomic E-state index is -4.57. The second-order valence-electron chi connectivity index (χ2n) is 6.39. The van der Waals surface area contributed by atoms with Crippen LogP contribution in [0.5, 0.6) is 5.75 Å². The van der Waals surface area contributed by atoms with Gasteiger partial charge in [0, 0.05) is 16.0 Å². The lowest BCUT2D eigenvalue weighted by molar-refractivity contribution is -0.137. The fourth-order valence-corrected chi connectivity index (χ4v) is 3.50. The van der Waals surface area contributed by atoms with Gasteiger partial charge in [-0.1, -0.05) is 35.9 Å². The molecule has 0 unspecified atom stereocenters. The van der Waals surface area contributed by atoms with E-state index in [1.54, 1.807) is 12.1 Å². The van der Waals surface area contributed by atoms with Crippen molar-refractivity contribution < 1.29 is 27.1 Å². The van der Waals surface area contributed by atoms with Gasteiger partial charge in [0.25, 0.3) is 0 Å². The van der Waals surface area contributed by atoms with Crippen LogP contribution in [0.1, 0.15) is 5.56 Å². The van der Waals surface area contributed by atoms with Crippen LogP contribution in [0.4, 0.5) is 23.4 Å². The Hall–Kier alpha value is -3.19. The fourth-order valence-electron chi connectivity index (χ4n) is 3.28. The van der Waals surface area contributed by atoms with Crippen molar-refractivity contribution in [3.8, 4) is 28.2 Å². The average Bonchev–Trinajstić information content (AvgIpc) is 2.94. The molecule has 1 aromatic heterocycles. The van der Waals surface area contributed by atoms with E-state index in [4.69, 9.17) is 21.8 Å². The zero-order valence-corrected chi connectivity index (χ0v) is 15.3. The van der Waals surface area contributed by atoms with Crippen molar-refractivity contribution >= 4 is 28.3 Å². The minimum Gasteiger partial charge on any atom is -0.504 e. The number of rotatable bonds is 2. The molecule has 0 aliphatic rings. The molecular formula is C21H12ClF4NO2. The summed E-state index contributed by atoms with van der Waals surface area (Å²) in [6.45, 7) is 0. The van der Waals surface area contributed by atoms with Gasteiger partial charge in [0.15, 0.2) is 11.5 Å². The summed E-state index contributed by atoms with van der Waals surface area (Å²) in [4.78, 5) is 0. The number of benzene rings is 3. The number of halogens is 5. The molecule has 29 heavy (non-hydrogen) atoms. The van der Waals surface area contributed by atoms with Gasteiger partial charge in [-0.3, -0.25) is 0 Å². The Labute approximate surface area is 166 Å². The molecule has 0 atom stereocenters. The number of anilines is 1. The molecule has 8 heteroatoms. The molecule has 148 valence electrons. The van der Waals surface area contributed by atoms with Crippen LogP contribution in [-0.2, 0) is 6.18 Å². The summed E-state index contributed by atoms with van der Waals surface area (Å²) in [6, 6.07) is 11.6. The van der Waals surface area contributed by atoms with Crippen LogP contribution >= 0.6 is 11.6 Å². The van der Waals surface area contributed by atoms with Gasteiger partial charge >= 0.3 is 6.18 Å². The predicted octanol–water partition coefficient (Wildman–Crippen LogP) is 6.87. The molecule has 0 amide bonds. The Morgan fingerprint density at radius 3 is 2.45 bits per heavy atom. The number of nitrogens with two attached hydrogens (primary N) is 1. The van der Waals surface area contributed by atoms with Crippen molar-refractivity contribution in [1.29, 1.82) is 0 Å². The molecule has 1 heterocycles. The minimum absolute atomic E-state index is 0.0108. The summed E-state index contributed by atoms with van der Waals surface area (Å²) in [5.74, 6) is -1.58. The molecule has 3 N–H and O–H groups in total. The quantitative estimate of drug-likeness (QED) is 0.347. The first kappa shape index (κ1) is 19.1. The third kappa shape index (κ3) is 3.27. The second kappa shape index (κ2) is 6.70. The van der Waals surface area contributed by atoms with Crippen molar-refractivity contribution in [3.63, 3.8) is 0 Å². The Bertz CT molecular complexity index is 1250. The van der Waals surface area contributed by atoms with E-state index in [0.717, 1.165) is 12.1 Å². The lowest BCUT2D eigenvalue weighted by Gasteiger charge is -2.09. The molecule has 4 aromatic rings. The topological polar surface area (TPSA) is 59.4 Å². The summed E-state index contributed by atoms with van der Waals surface area (Å²) in [6.07, 6.45) is -4.57. The van der Waals surface area contributed by atoms with Crippen LogP contribution < -0.4 is 5.73 Å². The number of alkyl halides is 3. The third-order valence-corrected chi connectivity index (χ3v) is 4.74. The van der Waals surface area contributed by atoms with Gasteiger partial charge in [0.05, 0.1) is 11.1 Å². The van der Waals surface area contributed by atoms with Crippen molar-refractivity contribution in [3.05, 3.63) is 71.0 Å². The molecule has 3 aromatic carbocycles. The number of hydrogen-bond donors (Lipinski definition) is 2. The molecule has 0 aliphatic carbocycles. The Balaban J connectivity index is 1.96. The highest BCUT2D eigenvalue weighted by Crippen LogP contribution is 2.48. The summed E-state index contributed by atoms with van der Waals surface area (Å²) >= 11 is 6.11. The van der Waals surface area contributed by atoms with Crippen molar-refractivity contribution in [2.45, 2.75) is 6.18 Å². The van der Waals surface area contributed by atoms with Gasteiger partial charge < -0.3 is 15.3 Å². The molecule has 0 saturated heterocycles. The molecule has 3 nitrogen and oxygen atoms in total. The van der Waals surface area contributed by atoms with E-state index in [-0.39, 0.29) is 38.7 Å². The maximum atomic E-state index is 14.5. The van der Waals surface area contributed by atoms with E-state index in [1.165, 1.54) is 30.3 Å². The highest BCUT2D eigenvalue weighted by Gasteiger charge is 2.31. The largest absolute Gasteiger partial charge is 0.504 e. The molecule has 0 saturated carbocycles. The highest BCUT2D eigenvalue weighted by molar-refractivity contribution is 6.32. The maximum Gasteiger partial charge on any atom is 0.416 e. The van der Waals surface area contributed by atoms with E-state index in [1.807, 2.05) is 0 Å². The smallest absolute Gasteiger partial charge is 0.416 e. The standard InChI is InChI=1S/C21H12ClF4NO2/c22-13-8-11-4-2-6-15(23)16(11)14(9-13)19-18(28)17(20(27)29-19)10-3-1-5-12(7-10)21(24,25)26/h1-9,28H,27H2. The molecule has 0 radical (unpaired) electrons. The van der Waals surface area contributed by atoms with E-state index in [9.17, 15) is 22.7 Å². The van der Waals surface area contributed by atoms with Crippen molar-refractivity contribution in [2.24, 2.45) is 0 Å². The molecule has 4 rings (SSSR count). The van der Waals surface area contributed by atoms with E-state index in [0.29, 0.717) is 5.39 Å². The lowest BCUT2D eigenvalue weighted by atomic mass is 9.99. The van der Waals surface area contributed by atoms with Gasteiger partial charge in [-0.05, 0) is 41.3 Å². The predicted molar refractivity (Wildman–Crippen MR) is 103 cm³/mol. The molecule has 0 fully saturated rings. The Kier molecular flexibility index (Phi) is 4.42. The van der Waals surface area contributed by atoms with Crippen LogP contribution in [0.25, 0.3) is 33.2 Å². The Morgan fingerprint density at radius 2 is 1.72 bits per heavy atom. The monoisotopic (exact) mass is 421 g/mol. The van der Waals surface area contributed by atoms with Gasteiger partial charge in [0.2, 0.25) is 5.88 Å². The van der Waals surface area contributed by atoms with Crippen LogP contribution in [0.2, 0.25) is 5.02 Å². The van der Waals surface area contributed by atoms with Crippen LogP contribution in [-0.4, -0.2) is 5.11 Å². The Morgan fingerprint density at radius 1 is 1.00 bits per heavy atom. The number of fused-ring (bicyclic) bond motifs is 1. The first-order chi connectivity index (χ1) is 13.7. The van der Waals surface area contributed by atoms with E-state index in [2.05, 4.69) is 0 Å². The van der Waals surface area contributed by atoms with Crippen molar-refractivity contribution in [2.75, 3.05) is 5.73 Å². The van der Waals surface area contributed by atoms with Gasteiger partial charge in [-0.2, -0.15) is 13.2 Å². The number of nitrogen functional groups attached to an aromatic ring is 1. The van der Waals surface area contributed by atoms with Crippen molar-refractivity contribution in [1.82, 2.24) is 0 Å².